The molecule has 140 valence electrons. The van der Waals surface area contributed by atoms with Gasteiger partial charge in [0.2, 0.25) is 5.91 Å². The van der Waals surface area contributed by atoms with Crippen molar-refractivity contribution in [2.75, 3.05) is 5.32 Å². The number of carbonyl (C=O) groups is 1. The number of fused-ring (bicyclic) bond motifs is 1. The number of aromatic amines is 1. The van der Waals surface area contributed by atoms with Crippen LogP contribution in [0.4, 0.5) is 5.69 Å². The van der Waals surface area contributed by atoms with Crippen molar-refractivity contribution >= 4 is 22.5 Å². The molecular formula is C20H21N3O4. The molecule has 0 aliphatic rings. The number of anilines is 1. The van der Waals surface area contributed by atoms with E-state index >= 15 is 0 Å². The zero-order valence-electron chi connectivity index (χ0n) is 15.4. The first-order valence-corrected chi connectivity index (χ1v) is 8.52. The lowest BCUT2D eigenvalue weighted by molar-refractivity contribution is -0.116. The predicted molar refractivity (Wildman–Crippen MR) is 104 cm³/mol. The Morgan fingerprint density at radius 3 is 2.56 bits per heavy atom. The number of hydrogen-bond donors (Lipinski definition) is 3. The largest absolute Gasteiger partial charge is 0.506 e. The third kappa shape index (κ3) is 3.76. The third-order valence-corrected chi connectivity index (χ3v) is 4.34. The zero-order valence-corrected chi connectivity index (χ0v) is 15.4. The minimum Gasteiger partial charge on any atom is -0.506 e. The lowest BCUT2D eigenvalue weighted by Crippen LogP contribution is -2.34. The quantitative estimate of drug-likeness (QED) is 0.618. The molecule has 0 aliphatic heterocycles. The molecule has 0 radical (unpaired) electrons. The number of nitrogens with zero attached hydrogens (tertiary/aromatic N) is 1. The number of aromatic nitrogens is 2. The molecule has 0 aliphatic carbocycles. The minimum absolute atomic E-state index is 0.0602. The second-order valence-corrected chi connectivity index (χ2v) is 7.39. The molecule has 0 unspecified atom stereocenters. The maximum atomic E-state index is 12.5. The molecule has 3 N–H and O–H groups in total. The van der Waals surface area contributed by atoms with Crippen LogP contribution in [0.2, 0.25) is 0 Å². The minimum atomic E-state index is -0.665. The van der Waals surface area contributed by atoms with E-state index in [1.165, 1.54) is 10.6 Å². The van der Waals surface area contributed by atoms with E-state index in [0.29, 0.717) is 10.9 Å². The molecule has 2 aromatic carbocycles. The van der Waals surface area contributed by atoms with Gasteiger partial charge in [0.15, 0.2) is 0 Å². The Bertz CT molecular complexity index is 1140. The summed E-state index contributed by atoms with van der Waals surface area (Å²) in [4.78, 5) is 38.8. The molecule has 3 aromatic rings. The van der Waals surface area contributed by atoms with Gasteiger partial charge in [0, 0.05) is 0 Å². The predicted octanol–water partition coefficient (Wildman–Crippen LogP) is 2.33. The molecule has 0 fully saturated rings. The average Bonchev–Trinajstić information content (AvgIpc) is 2.59. The van der Waals surface area contributed by atoms with Gasteiger partial charge in [-0.15, -0.1) is 0 Å². The van der Waals surface area contributed by atoms with E-state index in [0.717, 1.165) is 5.56 Å². The van der Waals surface area contributed by atoms with Crippen LogP contribution in [0, 0.1) is 0 Å². The van der Waals surface area contributed by atoms with Crippen molar-refractivity contribution in [3.8, 4) is 5.75 Å². The fraction of sp³-hybridized carbons (Fsp3) is 0.250. The second-order valence-electron chi connectivity index (χ2n) is 7.39. The number of aromatic hydroxyl groups is 1. The Morgan fingerprint density at radius 2 is 1.85 bits per heavy atom. The van der Waals surface area contributed by atoms with Gasteiger partial charge < -0.3 is 10.4 Å². The summed E-state index contributed by atoms with van der Waals surface area (Å²) in [7, 11) is 0. The maximum Gasteiger partial charge on any atom is 0.329 e. The number of carbonyl (C=O) groups excluding carboxylic acids is 1. The summed E-state index contributed by atoms with van der Waals surface area (Å²) in [5.41, 5.74) is 0.272. The maximum absolute atomic E-state index is 12.5. The first-order chi connectivity index (χ1) is 12.7. The van der Waals surface area contributed by atoms with Gasteiger partial charge in [-0.3, -0.25) is 19.1 Å². The molecule has 1 aromatic heterocycles. The van der Waals surface area contributed by atoms with Crippen LogP contribution < -0.4 is 16.6 Å². The highest BCUT2D eigenvalue weighted by Gasteiger charge is 2.17. The van der Waals surface area contributed by atoms with Crippen LogP contribution in [-0.2, 0) is 16.8 Å². The van der Waals surface area contributed by atoms with Crippen LogP contribution in [0.5, 0.6) is 5.75 Å². The van der Waals surface area contributed by atoms with Gasteiger partial charge in [-0.2, -0.15) is 0 Å². The van der Waals surface area contributed by atoms with Crippen LogP contribution >= 0.6 is 0 Å². The van der Waals surface area contributed by atoms with Gasteiger partial charge in [0.1, 0.15) is 12.3 Å². The van der Waals surface area contributed by atoms with E-state index in [2.05, 4.69) is 10.3 Å². The highest BCUT2D eigenvalue weighted by molar-refractivity contribution is 5.93. The molecule has 1 heterocycles. The molecule has 0 spiro atoms. The van der Waals surface area contributed by atoms with E-state index in [4.69, 9.17) is 0 Å². The summed E-state index contributed by atoms with van der Waals surface area (Å²) in [6.07, 6.45) is 0. The van der Waals surface area contributed by atoms with Gasteiger partial charge >= 0.3 is 5.69 Å². The monoisotopic (exact) mass is 367 g/mol. The zero-order chi connectivity index (χ0) is 19.8. The number of hydrogen-bond acceptors (Lipinski definition) is 4. The molecule has 3 rings (SSSR count). The molecule has 7 nitrogen and oxygen atoms in total. The molecule has 7 heteroatoms. The van der Waals surface area contributed by atoms with Gasteiger partial charge in [0.05, 0.1) is 16.6 Å². The molecule has 1 amide bonds. The van der Waals surface area contributed by atoms with Gasteiger partial charge in [-0.25, -0.2) is 4.79 Å². The summed E-state index contributed by atoms with van der Waals surface area (Å²) < 4.78 is 1.19. The van der Waals surface area contributed by atoms with Crippen LogP contribution in [-0.4, -0.2) is 20.6 Å². The molecule has 0 atom stereocenters. The number of H-pyrrole nitrogens is 1. The number of rotatable bonds is 3. The van der Waals surface area contributed by atoms with Crippen molar-refractivity contribution in [2.24, 2.45) is 0 Å². The van der Waals surface area contributed by atoms with Crippen molar-refractivity contribution in [3.05, 3.63) is 68.9 Å². The Morgan fingerprint density at radius 1 is 1.15 bits per heavy atom. The summed E-state index contributed by atoms with van der Waals surface area (Å²) in [5, 5.41) is 13.0. The highest BCUT2D eigenvalue weighted by atomic mass is 16.3. The lowest BCUT2D eigenvalue weighted by Gasteiger charge is -2.20. The number of para-hydroxylation sites is 1. The van der Waals surface area contributed by atoms with Crippen LogP contribution in [0.15, 0.2) is 52.1 Å². The van der Waals surface area contributed by atoms with Gasteiger partial charge in [0.25, 0.3) is 5.56 Å². The van der Waals surface area contributed by atoms with E-state index in [1.807, 2.05) is 20.8 Å². The topological polar surface area (TPSA) is 104 Å². The fourth-order valence-corrected chi connectivity index (χ4v) is 2.84. The lowest BCUT2D eigenvalue weighted by atomic mass is 9.87. The Labute approximate surface area is 155 Å². The van der Waals surface area contributed by atoms with Crippen molar-refractivity contribution in [1.82, 2.24) is 9.55 Å². The summed E-state index contributed by atoms with van der Waals surface area (Å²) in [6.45, 7) is 5.78. The molecule has 0 saturated heterocycles. The summed E-state index contributed by atoms with van der Waals surface area (Å²) >= 11 is 0. The second kappa shape index (κ2) is 6.75. The summed E-state index contributed by atoms with van der Waals surface area (Å²) in [5.74, 6) is -0.550. The van der Waals surface area contributed by atoms with Crippen LogP contribution in [0.3, 0.4) is 0 Å². The molecule has 0 bridgehead atoms. The SMILES string of the molecule is CC(C)(C)c1ccc(O)c(NC(=O)Cn2c(=O)[nH]c(=O)c3ccccc32)c1. The number of benzene rings is 2. The average molecular weight is 367 g/mol. The van der Waals surface area contributed by atoms with Crippen molar-refractivity contribution < 1.29 is 9.90 Å². The molecule has 27 heavy (non-hydrogen) atoms. The standard InChI is InChI=1S/C20H21N3O4/c1-20(2,3)12-8-9-16(24)14(10-12)21-17(25)11-23-15-7-5-4-6-13(15)18(26)22-19(23)27/h4-10,24H,11H2,1-3H3,(H,21,25)(H,22,26,27). The first kappa shape index (κ1) is 18.4. The number of phenols is 1. The van der Waals surface area contributed by atoms with Crippen LogP contribution in [0.1, 0.15) is 26.3 Å². The fourth-order valence-electron chi connectivity index (χ4n) is 2.84. The number of amides is 1. The smallest absolute Gasteiger partial charge is 0.329 e. The highest BCUT2D eigenvalue weighted by Crippen LogP contribution is 2.30. The van der Waals surface area contributed by atoms with Crippen molar-refractivity contribution in [2.45, 2.75) is 32.7 Å². The Balaban J connectivity index is 1.93. The molecule has 0 saturated carbocycles. The van der Waals surface area contributed by atoms with Crippen molar-refractivity contribution in [1.29, 1.82) is 0 Å². The van der Waals surface area contributed by atoms with E-state index < -0.39 is 17.2 Å². The van der Waals surface area contributed by atoms with Gasteiger partial charge in [-0.1, -0.05) is 39.0 Å². The normalized spacial score (nSPS) is 11.5. The molecular weight excluding hydrogens is 346 g/mol. The van der Waals surface area contributed by atoms with Gasteiger partial charge in [-0.05, 0) is 35.2 Å². The van der Waals surface area contributed by atoms with E-state index in [9.17, 15) is 19.5 Å². The number of nitrogens with one attached hydrogen (secondary N) is 2. The Kier molecular flexibility index (Phi) is 4.61. The third-order valence-electron chi connectivity index (χ3n) is 4.34. The van der Waals surface area contributed by atoms with E-state index in [1.54, 1.807) is 36.4 Å². The summed E-state index contributed by atoms with van der Waals surface area (Å²) in [6, 6.07) is 11.6. The van der Waals surface area contributed by atoms with Crippen molar-refractivity contribution in [3.63, 3.8) is 0 Å². The first-order valence-electron chi connectivity index (χ1n) is 8.52. The van der Waals surface area contributed by atoms with Crippen LogP contribution in [0.25, 0.3) is 10.9 Å². The number of phenolic OH excluding ortho intramolecular Hbond substituents is 1. The van der Waals surface area contributed by atoms with E-state index in [-0.39, 0.29) is 23.4 Å². The Hall–Kier alpha value is -3.35.